The molecular weight excluding hydrogens is 162 g/mol. The molecule has 1 N–H and O–H groups in total. The fourth-order valence-corrected chi connectivity index (χ4v) is 1.22. The van der Waals surface area contributed by atoms with Gasteiger partial charge in [0.15, 0.2) is 5.78 Å². The van der Waals surface area contributed by atoms with Gasteiger partial charge in [0.2, 0.25) is 0 Å². The molecule has 0 aliphatic rings. The molecule has 0 bridgehead atoms. The maximum Gasteiger partial charge on any atom is 0.155 e. The van der Waals surface area contributed by atoms with Gasteiger partial charge in [0.05, 0.1) is 0 Å². The highest BCUT2D eigenvalue weighted by atomic mass is 16.1. The van der Waals surface area contributed by atoms with Gasteiger partial charge in [-0.1, -0.05) is 6.92 Å². The van der Waals surface area contributed by atoms with Gasteiger partial charge in [-0.05, 0) is 37.6 Å². The third-order valence-electron chi connectivity index (χ3n) is 1.97. The lowest BCUT2D eigenvalue weighted by molar-refractivity contribution is -0.114. The molecule has 1 heterocycles. The highest BCUT2D eigenvalue weighted by Gasteiger charge is 1.97. The second kappa shape index (κ2) is 4.08. The summed E-state index contributed by atoms with van der Waals surface area (Å²) in [4.78, 5) is 14.2. The molecule has 2 nitrogen and oxygen atoms in total. The van der Waals surface area contributed by atoms with Crippen molar-refractivity contribution in [2.24, 2.45) is 0 Å². The number of aromatic nitrogens is 1. The van der Waals surface area contributed by atoms with Gasteiger partial charge in [0.1, 0.15) is 0 Å². The van der Waals surface area contributed by atoms with Crippen LogP contribution in [0.5, 0.6) is 0 Å². The Kier molecular flexibility index (Phi) is 3.07. The van der Waals surface area contributed by atoms with Crippen LogP contribution in [0.2, 0.25) is 0 Å². The van der Waals surface area contributed by atoms with E-state index in [0.717, 1.165) is 11.4 Å². The van der Waals surface area contributed by atoms with Gasteiger partial charge in [-0.25, -0.2) is 0 Å². The van der Waals surface area contributed by atoms with Crippen LogP contribution in [0.3, 0.4) is 0 Å². The first-order valence-electron chi connectivity index (χ1n) is 4.50. The smallest absolute Gasteiger partial charge is 0.155 e. The van der Waals surface area contributed by atoms with Gasteiger partial charge < -0.3 is 4.98 Å². The predicted octanol–water partition coefficient (Wildman–Crippen LogP) is 2.62. The maximum absolute atomic E-state index is 11.0. The van der Waals surface area contributed by atoms with Gasteiger partial charge in [-0.3, -0.25) is 4.79 Å². The van der Waals surface area contributed by atoms with Crippen molar-refractivity contribution < 1.29 is 4.79 Å². The summed E-state index contributed by atoms with van der Waals surface area (Å²) in [5.74, 6) is 0.159. The number of nitrogens with one attached hydrogen (secondary N) is 1. The number of allylic oxidation sites excluding steroid dienone is 1. The van der Waals surface area contributed by atoms with E-state index >= 15 is 0 Å². The largest absolute Gasteiger partial charge is 0.359 e. The highest BCUT2D eigenvalue weighted by molar-refractivity contribution is 5.93. The predicted molar refractivity (Wildman–Crippen MR) is 54.6 cm³/mol. The summed E-state index contributed by atoms with van der Waals surface area (Å²) in [6.45, 7) is 5.89. The fraction of sp³-hybridized carbons (Fsp3) is 0.364. The number of hydrogen-bond acceptors (Lipinski definition) is 1. The van der Waals surface area contributed by atoms with E-state index in [1.165, 1.54) is 5.56 Å². The van der Waals surface area contributed by atoms with E-state index in [-0.39, 0.29) is 5.78 Å². The van der Waals surface area contributed by atoms with E-state index < -0.39 is 0 Å². The van der Waals surface area contributed by atoms with Gasteiger partial charge in [-0.2, -0.15) is 0 Å². The van der Waals surface area contributed by atoms with E-state index in [1.54, 1.807) is 6.08 Å². The Bertz CT molecular complexity index is 334. The van der Waals surface area contributed by atoms with E-state index in [1.807, 2.05) is 26.8 Å². The summed E-state index contributed by atoms with van der Waals surface area (Å²) >= 11 is 0. The van der Waals surface area contributed by atoms with Crippen LogP contribution in [0.4, 0.5) is 0 Å². The Morgan fingerprint density at radius 1 is 1.54 bits per heavy atom. The average molecular weight is 177 g/mol. The summed E-state index contributed by atoms with van der Waals surface area (Å²) < 4.78 is 0. The molecule has 13 heavy (non-hydrogen) atoms. The Morgan fingerprint density at radius 2 is 2.23 bits per heavy atom. The minimum atomic E-state index is 0.159. The van der Waals surface area contributed by atoms with Crippen LogP contribution < -0.4 is 0 Å². The van der Waals surface area contributed by atoms with Crippen molar-refractivity contribution in [2.45, 2.75) is 27.2 Å². The molecule has 1 aromatic rings. The summed E-state index contributed by atoms with van der Waals surface area (Å²) in [6.07, 6.45) is 4.03. The van der Waals surface area contributed by atoms with E-state index in [2.05, 4.69) is 11.1 Å². The van der Waals surface area contributed by atoms with Crippen LogP contribution in [-0.2, 0) is 4.79 Å². The molecule has 0 amide bonds. The maximum atomic E-state index is 11.0. The Labute approximate surface area is 78.7 Å². The van der Waals surface area contributed by atoms with Crippen molar-refractivity contribution in [1.29, 1.82) is 0 Å². The molecule has 0 fully saturated rings. The van der Waals surface area contributed by atoms with Crippen LogP contribution in [0.1, 0.15) is 30.3 Å². The van der Waals surface area contributed by atoms with Crippen molar-refractivity contribution in [1.82, 2.24) is 4.98 Å². The number of H-pyrrole nitrogens is 1. The van der Waals surface area contributed by atoms with Crippen molar-refractivity contribution >= 4 is 11.9 Å². The van der Waals surface area contributed by atoms with Crippen LogP contribution in [0, 0.1) is 13.8 Å². The Balaban J connectivity index is 2.79. The summed E-state index contributed by atoms with van der Waals surface area (Å²) in [5.41, 5.74) is 3.33. The Hall–Kier alpha value is -1.31. The number of ketones is 1. The Morgan fingerprint density at radius 3 is 2.69 bits per heavy atom. The molecule has 0 radical (unpaired) electrons. The first kappa shape index (κ1) is 9.78. The van der Waals surface area contributed by atoms with Gasteiger partial charge in [0, 0.05) is 17.8 Å². The average Bonchev–Trinajstić information content (AvgIpc) is 2.41. The van der Waals surface area contributed by atoms with Crippen LogP contribution >= 0.6 is 0 Å². The van der Waals surface area contributed by atoms with Gasteiger partial charge >= 0.3 is 0 Å². The number of rotatable bonds is 3. The molecule has 70 valence electrons. The summed E-state index contributed by atoms with van der Waals surface area (Å²) in [7, 11) is 0. The lowest BCUT2D eigenvalue weighted by atomic mass is 10.2. The molecule has 0 aliphatic carbocycles. The van der Waals surface area contributed by atoms with Crippen molar-refractivity contribution in [3.8, 4) is 0 Å². The lowest BCUT2D eigenvalue weighted by Crippen LogP contribution is -1.87. The van der Waals surface area contributed by atoms with Crippen molar-refractivity contribution in [3.63, 3.8) is 0 Å². The number of carbonyl (C=O) groups excluding carboxylic acids is 1. The zero-order valence-electron chi connectivity index (χ0n) is 8.35. The normalized spacial score (nSPS) is 11.0. The molecule has 2 heteroatoms. The standard InChI is InChI=1S/C11H15NO/c1-4-10(13)5-6-11-8(2)7-9(3)12-11/h5-7,12H,4H2,1-3H3. The monoisotopic (exact) mass is 177 g/mol. The molecule has 0 saturated heterocycles. The molecule has 0 aromatic carbocycles. The molecular formula is C11H15NO. The number of aromatic amines is 1. The van der Waals surface area contributed by atoms with E-state index in [9.17, 15) is 4.79 Å². The molecule has 0 unspecified atom stereocenters. The fourth-order valence-electron chi connectivity index (χ4n) is 1.22. The minimum Gasteiger partial charge on any atom is -0.359 e. The van der Waals surface area contributed by atoms with Crippen molar-refractivity contribution in [2.75, 3.05) is 0 Å². The topological polar surface area (TPSA) is 32.9 Å². The molecule has 0 atom stereocenters. The molecule has 0 saturated carbocycles. The van der Waals surface area contributed by atoms with Crippen molar-refractivity contribution in [3.05, 3.63) is 29.1 Å². The number of carbonyl (C=O) groups is 1. The molecule has 1 aromatic heterocycles. The third kappa shape index (κ3) is 2.58. The highest BCUT2D eigenvalue weighted by Crippen LogP contribution is 2.10. The van der Waals surface area contributed by atoms with E-state index in [0.29, 0.717) is 6.42 Å². The van der Waals surface area contributed by atoms with Gasteiger partial charge in [0.25, 0.3) is 0 Å². The third-order valence-corrected chi connectivity index (χ3v) is 1.97. The summed E-state index contributed by atoms with van der Waals surface area (Å²) in [6, 6.07) is 2.07. The lowest BCUT2D eigenvalue weighted by Gasteiger charge is -1.89. The molecule has 0 aliphatic heterocycles. The zero-order chi connectivity index (χ0) is 9.84. The second-order valence-electron chi connectivity index (χ2n) is 3.20. The van der Waals surface area contributed by atoms with E-state index in [4.69, 9.17) is 0 Å². The first-order valence-corrected chi connectivity index (χ1v) is 4.50. The van der Waals surface area contributed by atoms with Crippen LogP contribution in [-0.4, -0.2) is 10.8 Å². The number of aryl methyl sites for hydroxylation is 2. The minimum absolute atomic E-state index is 0.159. The van der Waals surface area contributed by atoms with Crippen LogP contribution in [0.25, 0.3) is 6.08 Å². The zero-order valence-corrected chi connectivity index (χ0v) is 8.35. The SMILES string of the molecule is CCC(=O)C=Cc1[nH]c(C)cc1C. The van der Waals surface area contributed by atoms with Crippen LogP contribution in [0.15, 0.2) is 12.1 Å². The molecule has 1 rings (SSSR count). The van der Waals surface area contributed by atoms with Gasteiger partial charge in [-0.15, -0.1) is 0 Å². The number of hydrogen-bond donors (Lipinski definition) is 1. The first-order chi connectivity index (χ1) is 6.13. The quantitative estimate of drug-likeness (QED) is 0.707. The second-order valence-corrected chi connectivity index (χ2v) is 3.20. The molecule has 0 spiro atoms. The summed E-state index contributed by atoms with van der Waals surface area (Å²) in [5, 5.41) is 0.